The van der Waals surface area contributed by atoms with Gasteiger partial charge in [-0.3, -0.25) is 4.79 Å². The zero-order valence-electron chi connectivity index (χ0n) is 12.9. The lowest BCUT2D eigenvalue weighted by Crippen LogP contribution is -2.62. The fourth-order valence-corrected chi connectivity index (χ4v) is 3.24. The van der Waals surface area contributed by atoms with Gasteiger partial charge in [0.2, 0.25) is 0 Å². The van der Waals surface area contributed by atoms with Crippen molar-refractivity contribution in [2.75, 3.05) is 19.6 Å². The molecule has 4 nitrogen and oxygen atoms in total. The van der Waals surface area contributed by atoms with Gasteiger partial charge in [-0.1, -0.05) is 6.92 Å². The van der Waals surface area contributed by atoms with Gasteiger partial charge in [-0.05, 0) is 51.5 Å². The number of rotatable bonds is 5. The summed E-state index contributed by atoms with van der Waals surface area (Å²) in [5, 5.41) is 12.1. The molecule has 0 aromatic rings. The van der Waals surface area contributed by atoms with Crippen LogP contribution in [0.4, 0.5) is 8.78 Å². The molecule has 1 saturated heterocycles. The summed E-state index contributed by atoms with van der Waals surface area (Å²) < 4.78 is 27.9. The molecule has 0 aromatic carbocycles. The van der Waals surface area contributed by atoms with Crippen LogP contribution in [-0.2, 0) is 4.79 Å². The highest BCUT2D eigenvalue weighted by molar-refractivity contribution is 5.85. The normalized spacial score (nSPS) is 27.8. The Balaban J connectivity index is 1.84. The molecule has 1 saturated carbocycles. The van der Waals surface area contributed by atoms with Crippen LogP contribution in [0, 0.1) is 5.92 Å². The van der Waals surface area contributed by atoms with E-state index in [9.17, 15) is 18.7 Å². The van der Waals surface area contributed by atoms with Gasteiger partial charge >= 0.3 is 5.92 Å². The molecule has 6 heteroatoms. The number of halogens is 2. The van der Waals surface area contributed by atoms with E-state index < -0.39 is 17.4 Å². The van der Waals surface area contributed by atoms with E-state index in [1.165, 1.54) is 6.42 Å². The molecule has 0 bridgehead atoms. The van der Waals surface area contributed by atoms with E-state index in [1.807, 2.05) is 0 Å². The highest BCUT2D eigenvalue weighted by Gasteiger charge is 2.61. The Morgan fingerprint density at radius 1 is 1.48 bits per heavy atom. The van der Waals surface area contributed by atoms with Crippen LogP contribution in [0.2, 0.25) is 0 Å². The lowest BCUT2D eigenvalue weighted by molar-refractivity contribution is -0.216. The summed E-state index contributed by atoms with van der Waals surface area (Å²) in [4.78, 5) is 14.0. The van der Waals surface area contributed by atoms with Crippen LogP contribution >= 0.6 is 0 Å². The van der Waals surface area contributed by atoms with Gasteiger partial charge in [-0.25, -0.2) is 0 Å². The van der Waals surface area contributed by atoms with E-state index >= 15 is 0 Å². The maximum absolute atomic E-state index is 14.0. The molecule has 1 aliphatic heterocycles. The first-order valence-electron chi connectivity index (χ1n) is 7.88. The molecule has 2 N–H and O–H groups in total. The summed E-state index contributed by atoms with van der Waals surface area (Å²) >= 11 is 0. The number of carbonyl (C=O) groups excluding carboxylic acids is 1. The number of hydrogen-bond acceptors (Lipinski definition) is 3. The van der Waals surface area contributed by atoms with Gasteiger partial charge in [-0.2, -0.15) is 8.78 Å². The molecular weight excluding hydrogens is 278 g/mol. The highest BCUT2D eigenvalue weighted by Crippen LogP contribution is 2.44. The molecule has 1 aliphatic carbocycles. The average molecular weight is 304 g/mol. The molecule has 2 aliphatic rings. The van der Waals surface area contributed by atoms with E-state index in [1.54, 1.807) is 6.92 Å². The van der Waals surface area contributed by atoms with E-state index in [4.69, 9.17) is 0 Å². The van der Waals surface area contributed by atoms with E-state index in [2.05, 4.69) is 17.1 Å². The summed E-state index contributed by atoms with van der Waals surface area (Å²) in [5.41, 5.74) is -2.14. The monoisotopic (exact) mass is 304 g/mol. The van der Waals surface area contributed by atoms with Crippen LogP contribution in [-0.4, -0.2) is 53.1 Å². The first-order valence-corrected chi connectivity index (χ1v) is 7.88. The number of aliphatic hydroxyl groups is 1. The van der Waals surface area contributed by atoms with Crippen LogP contribution in [0.1, 0.15) is 46.0 Å². The lowest BCUT2D eigenvalue weighted by atomic mass is 9.75. The first-order chi connectivity index (χ1) is 9.74. The second kappa shape index (κ2) is 6.16. The summed E-state index contributed by atoms with van der Waals surface area (Å²) in [6, 6.07) is -0.350. The standard InChI is InChI=1S/C15H26F2N2O2/c1-11-5-3-8-19(9-11)10-12(2)18-13(20)15(16,17)14(21)6-4-7-14/h11-12,21H,3-10H2,1-2H3,(H,18,20). The number of piperidine rings is 1. The fraction of sp³-hybridized carbons (Fsp3) is 0.933. The number of carbonyl (C=O) groups is 1. The quantitative estimate of drug-likeness (QED) is 0.814. The van der Waals surface area contributed by atoms with Crippen LogP contribution in [0.15, 0.2) is 0 Å². The fourth-order valence-electron chi connectivity index (χ4n) is 3.24. The number of likely N-dealkylation sites (tertiary alicyclic amines) is 1. The Morgan fingerprint density at radius 3 is 2.67 bits per heavy atom. The minimum absolute atomic E-state index is 0.00849. The summed E-state index contributed by atoms with van der Waals surface area (Å²) in [6.07, 6.45) is 2.83. The summed E-state index contributed by atoms with van der Waals surface area (Å²) in [6.45, 7) is 6.38. The highest BCUT2D eigenvalue weighted by atomic mass is 19.3. The number of nitrogens with one attached hydrogen (secondary N) is 1. The Labute approximate surface area is 124 Å². The Bertz CT molecular complexity index is 386. The Kier molecular flexibility index (Phi) is 4.88. The van der Waals surface area contributed by atoms with Gasteiger partial charge < -0.3 is 15.3 Å². The molecule has 21 heavy (non-hydrogen) atoms. The van der Waals surface area contributed by atoms with Gasteiger partial charge in [0.1, 0.15) is 5.60 Å². The summed E-state index contributed by atoms with van der Waals surface area (Å²) in [7, 11) is 0. The van der Waals surface area contributed by atoms with E-state index in [0.29, 0.717) is 18.9 Å². The van der Waals surface area contributed by atoms with Gasteiger partial charge in [0.05, 0.1) is 0 Å². The minimum atomic E-state index is -3.70. The van der Waals surface area contributed by atoms with Crippen molar-refractivity contribution in [3.05, 3.63) is 0 Å². The minimum Gasteiger partial charge on any atom is -0.383 e. The zero-order chi connectivity index (χ0) is 15.7. The first kappa shape index (κ1) is 16.6. The van der Waals surface area contributed by atoms with Gasteiger partial charge in [0.15, 0.2) is 0 Å². The van der Waals surface area contributed by atoms with Crippen LogP contribution < -0.4 is 5.32 Å². The van der Waals surface area contributed by atoms with Crippen molar-refractivity contribution < 1.29 is 18.7 Å². The summed E-state index contributed by atoms with van der Waals surface area (Å²) in [5.74, 6) is -4.43. The Morgan fingerprint density at radius 2 is 2.14 bits per heavy atom. The largest absolute Gasteiger partial charge is 0.383 e. The van der Waals surface area contributed by atoms with Gasteiger partial charge in [0, 0.05) is 19.1 Å². The number of amides is 1. The number of alkyl halides is 2. The number of hydrogen-bond donors (Lipinski definition) is 2. The third-order valence-corrected chi connectivity index (χ3v) is 4.70. The third kappa shape index (κ3) is 3.54. The second-order valence-corrected chi connectivity index (χ2v) is 6.84. The van der Waals surface area contributed by atoms with Crippen molar-refractivity contribution in [1.82, 2.24) is 10.2 Å². The molecule has 2 fully saturated rings. The van der Waals surface area contributed by atoms with Crippen molar-refractivity contribution in [3.8, 4) is 0 Å². The van der Waals surface area contributed by atoms with Crippen LogP contribution in [0.25, 0.3) is 0 Å². The lowest BCUT2D eigenvalue weighted by Gasteiger charge is -2.42. The van der Waals surface area contributed by atoms with Gasteiger partial charge in [-0.15, -0.1) is 0 Å². The van der Waals surface area contributed by atoms with E-state index in [0.717, 1.165) is 19.5 Å². The maximum atomic E-state index is 14.0. The SMILES string of the molecule is CC1CCCN(CC(C)NC(=O)C(F)(F)C2(O)CCC2)C1. The molecule has 1 heterocycles. The Hall–Kier alpha value is -0.750. The van der Waals surface area contributed by atoms with Crippen molar-refractivity contribution in [1.29, 1.82) is 0 Å². The molecule has 0 spiro atoms. The number of nitrogens with zero attached hydrogens (tertiary/aromatic N) is 1. The van der Waals surface area contributed by atoms with Crippen molar-refractivity contribution in [2.45, 2.75) is 63.5 Å². The maximum Gasteiger partial charge on any atom is 0.352 e. The van der Waals surface area contributed by atoms with Crippen molar-refractivity contribution >= 4 is 5.91 Å². The molecule has 2 rings (SSSR count). The molecule has 2 atom stereocenters. The van der Waals surface area contributed by atoms with Gasteiger partial charge in [0.25, 0.3) is 5.91 Å². The predicted molar refractivity (Wildman–Crippen MR) is 76.2 cm³/mol. The second-order valence-electron chi connectivity index (χ2n) is 6.84. The van der Waals surface area contributed by atoms with Crippen LogP contribution in [0.3, 0.4) is 0 Å². The van der Waals surface area contributed by atoms with Crippen molar-refractivity contribution in [3.63, 3.8) is 0 Å². The molecule has 0 radical (unpaired) electrons. The van der Waals surface area contributed by atoms with Crippen LogP contribution in [0.5, 0.6) is 0 Å². The molecule has 2 unspecified atom stereocenters. The average Bonchev–Trinajstić information content (AvgIpc) is 2.35. The van der Waals surface area contributed by atoms with E-state index in [-0.39, 0.29) is 18.9 Å². The predicted octanol–water partition coefficient (Wildman–Crippen LogP) is 1.77. The van der Waals surface area contributed by atoms with Crippen molar-refractivity contribution in [2.24, 2.45) is 5.92 Å². The molecular formula is C15H26F2N2O2. The molecule has 1 amide bonds. The molecule has 0 aromatic heterocycles. The third-order valence-electron chi connectivity index (χ3n) is 4.70. The topological polar surface area (TPSA) is 52.6 Å². The smallest absolute Gasteiger partial charge is 0.352 e. The zero-order valence-corrected chi connectivity index (χ0v) is 12.9. The molecule has 122 valence electrons.